The molecule has 3 rings (SSSR count). The highest BCUT2D eigenvalue weighted by Crippen LogP contribution is 2.23. The SMILES string of the molecule is O=C(O)C1CCN(C(=O)NCc2ccc(OC3CCCC3)nc2)C1. The molecule has 0 aromatic carbocycles. The average molecular weight is 333 g/mol. The molecule has 1 aromatic heterocycles. The number of hydrogen-bond donors (Lipinski definition) is 2. The molecule has 2 amide bonds. The highest BCUT2D eigenvalue weighted by molar-refractivity contribution is 5.77. The van der Waals surface area contributed by atoms with Crippen LogP contribution in [0.5, 0.6) is 5.88 Å². The Bertz CT molecular complexity index is 584. The third kappa shape index (κ3) is 4.15. The monoisotopic (exact) mass is 333 g/mol. The summed E-state index contributed by atoms with van der Waals surface area (Å²) in [4.78, 5) is 28.8. The standard InChI is InChI=1S/C17H23N3O4/c21-16(22)13-7-8-20(11-13)17(23)19-10-12-5-6-15(18-9-12)24-14-3-1-2-4-14/h5-6,9,13-14H,1-4,7-8,10-11H2,(H,19,23)(H,21,22). The van der Waals surface area contributed by atoms with E-state index >= 15 is 0 Å². The minimum Gasteiger partial charge on any atom is -0.481 e. The van der Waals surface area contributed by atoms with Gasteiger partial charge in [0.2, 0.25) is 5.88 Å². The number of hydrogen-bond acceptors (Lipinski definition) is 4. The fraction of sp³-hybridized carbons (Fsp3) is 0.588. The van der Waals surface area contributed by atoms with Crippen LogP contribution >= 0.6 is 0 Å². The van der Waals surface area contributed by atoms with Crippen LogP contribution in [0, 0.1) is 5.92 Å². The molecule has 1 saturated carbocycles. The van der Waals surface area contributed by atoms with Crippen LogP contribution in [0.2, 0.25) is 0 Å². The molecule has 1 aromatic rings. The van der Waals surface area contributed by atoms with Gasteiger partial charge in [0.15, 0.2) is 0 Å². The van der Waals surface area contributed by atoms with E-state index < -0.39 is 11.9 Å². The minimum atomic E-state index is -0.840. The first-order chi connectivity index (χ1) is 11.6. The second-order valence-electron chi connectivity index (χ2n) is 6.46. The number of ether oxygens (including phenoxy) is 1. The number of carboxylic acids is 1. The predicted octanol–water partition coefficient (Wildman–Crippen LogP) is 2.02. The van der Waals surface area contributed by atoms with E-state index in [1.54, 1.807) is 11.1 Å². The van der Waals surface area contributed by atoms with E-state index in [1.807, 2.05) is 12.1 Å². The van der Waals surface area contributed by atoms with Gasteiger partial charge < -0.3 is 20.1 Å². The summed E-state index contributed by atoms with van der Waals surface area (Å²) in [5.41, 5.74) is 0.885. The van der Waals surface area contributed by atoms with E-state index in [1.165, 1.54) is 12.8 Å². The van der Waals surface area contributed by atoms with E-state index in [0.717, 1.165) is 18.4 Å². The zero-order valence-corrected chi connectivity index (χ0v) is 13.6. The van der Waals surface area contributed by atoms with Crippen LogP contribution in [0.3, 0.4) is 0 Å². The van der Waals surface area contributed by atoms with Crippen molar-refractivity contribution in [3.05, 3.63) is 23.9 Å². The molecule has 2 fully saturated rings. The molecule has 0 spiro atoms. The lowest BCUT2D eigenvalue weighted by Crippen LogP contribution is -2.38. The van der Waals surface area contributed by atoms with E-state index in [4.69, 9.17) is 9.84 Å². The molecule has 1 atom stereocenters. The number of aliphatic carboxylic acids is 1. The lowest BCUT2D eigenvalue weighted by Gasteiger charge is -2.17. The van der Waals surface area contributed by atoms with Gasteiger partial charge in [0.1, 0.15) is 6.10 Å². The van der Waals surface area contributed by atoms with Crippen molar-refractivity contribution in [1.82, 2.24) is 15.2 Å². The molecule has 0 radical (unpaired) electrons. The number of pyridine rings is 1. The third-order valence-corrected chi connectivity index (χ3v) is 4.66. The van der Waals surface area contributed by atoms with Crippen molar-refractivity contribution in [3.8, 4) is 5.88 Å². The number of nitrogens with zero attached hydrogens (tertiary/aromatic N) is 2. The van der Waals surface area contributed by atoms with Crippen molar-refractivity contribution < 1.29 is 19.4 Å². The summed E-state index contributed by atoms with van der Waals surface area (Å²) in [5.74, 6) is -0.669. The maximum atomic E-state index is 12.1. The largest absolute Gasteiger partial charge is 0.481 e. The number of amides is 2. The number of rotatable bonds is 5. The highest BCUT2D eigenvalue weighted by Gasteiger charge is 2.30. The quantitative estimate of drug-likeness (QED) is 0.860. The van der Waals surface area contributed by atoms with Gasteiger partial charge in [0.25, 0.3) is 0 Å². The lowest BCUT2D eigenvalue weighted by molar-refractivity contribution is -0.141. The van der Waals surface area contributed by atoms with Crippen molar-refractivity contribution >= 4 is 12.0 Å². The maximum Gasteiger partial charge on any atom is 0.317 e. The normalized spacial score (nSPS) is 21.0. The van der Waals surface area contributed by atoms with Gasteiger partial charge >= 0.3 is 12.0 Å². The number of carboxylic acid groups (broad SMARTS) is 1. The molecule has 130 valence electrons. The van der Waals surface area contributed by atoms with Gasteiger partial charge in [-0.05, 0) is 37.7 Å². The summed E-state index contributed by atoms with van der Waals surface area (Å²) < 4.78 is 5.81. The summed E-state index contributed by atoms with van der Waals surface area (Å²) in [6.45, 7) is 1.12. The van der Waals surface area contributed by atoms with E-state index in [0.29, 0.717) is 25.4 Å². The first kappa shape index (κ1) is 16.5. The Balaban J connectivity index is 1.44. The van der Waals surface area contributed by atoms with Gasteiger partial charge in [-0.25, -0.2) is 9.78 Å². The highest BCUT2D eigenvalue weighted by atomic mass is 16.5. The smallest absolute Gasteiger partial charge is 0.317 e. The van der Waals surface area contributed by atoms with E-state index in [2.05, 4.69) is 10.3 Å². The molecule has 1 aliphatic carbocycles. The molecule has 0 bridgehead atoms. The fourth-order valence-corrected chi connectivity index (χ4v) is 3.20. The zero-order chi connectivity index (χ0) is 16.9. The molecule has 1 aliphatic heterocycles. The fourth-order valence-electron chi connectivity index (χ4n) is 3.20. The Morgan fingerprint density at radius 1 is 1.29 bits per heavy atom. The van der Waals surface area contributed by atoms with Crippen molar-refractivity contribution in [2.75, 3.05) is 13.1 Å². The molecular formula is C17H23N3O4. The van der Waals surface area contributed by atoms with Gasteiger partial charge in [-0.3, -0.25) is 4.79 Å². The number of carbonyl (C=O) groups is 2. The Morgan fingerprint density at radius 3 is 2.71 bits per heavy atom. The van der Waals surface area contributed by atoms with Crippen LogP contribution < -0.4 is 10.1 Å². The van der Waals surface area contributed by atoms with Crippen LogP contribution in [0.4, 0.5) is 4.79 Å². The van der Waals surface area contributed by atoms with Crippen LogP contribution in [-0.4, -0.2) is 46.2 Å². The van der Waals surface area contributed by atoms with Gasteiger partial charge in [0.05, 0.1) is 5.92 Å². The number of carbonyl (C=O) groups excluding carboxylic acids is 1. The summed E-state index contributed by atoms with van der Waals surface area (Å²) in [5, 5.41) is 11.8. The topological polar surface area (TPSA) is 91.8 Å². The van der Waals surface area contributed by atoms with E-state index in [-0.39, 0.29) is 18.7 Å². The van der Waals surface area contributed by atoms with Gasteiger partial charge in [0, 0.05) is 31.9 Å². The lowest BCUT2D eigenvalue weighted by atomic mass is 10.1. The Kier molecular flexibility index (Phi) is 5.17. The summed E-state index contributed by atoms with van der Waals surface area (Å²) in [6, 6.07) is 3.49. The first-order valence-corrected chi connectivity index (χ1v) is 8.49. The molecular weight excluding hydrogens is 310 g/mol. The first-order valence-electron chi connectivity index (χ1n) is 8.49. The predicted molar refractivity (Wildman–Crippen MR) is 86.7 cm³/mol. The number of likely N-dealkylation sites (tertiary alicyclic amines) is 1. The Hall–Kier alpha value is -2.31. The molecule has 7 heteroatoms. The van der Waals surface area contributed by atoms with Gasteiger partial charge in [-0.1, -0.05) is 6.07 Å². The van der Waals surface area contributed by atoms with Crippen molar-refractivity contribution in [3.63, 3.8) is 0 Å². The molecule has 1 unspecified atom stereocenters. The third-order valence-electron chi connectivity index (χ3n) is 4.66. The average Bonchev–Trinajstić information content (AvgIpc) is 3.25. The van der Waals surface area contributed by atoms with E-state index in [9.17, 15) is 9.59 Å². The second-order valence-corrected chi connectivity index (χ2v) is 6.46. The summed E-state index contributed by atoms with van der Waals surface area (Å²) >= 11 is 0. The van der Waals surface area contributed by atoms with Gasteiger partial charge in [-0.15, -0.1) is 0 Å². The summed E-state index contributed by atoms with van der Waals surface area (Å²) in [6.07, 6.45) is 7.10. The maximum absolute atomic E-state index is 12.1. The Labute approximate surface area is 141 Å². The molecule has 24 heavy (non-hydrogen) atoms. The molecule has 1 saturated heterocycles. The second kappa shape index (κ2) is 7.51. The molecule has 2 aliphatic rings. The summed E-state index contributed by atoms with van der Waals surface area (Å²) in [7, 11) is 0. The van der Waals surface area contributed by atoms with Crippen molar-refractivity contribution in [1.29, 1.82) is 0 Å². The van der Waals surface area contributed by atoms with Crippen LogP contribution in [-0.2, 0) is 11.3 Å². The Morgan fingerprint density at radius 2 is 2.08 bits per heavy atom. The number of urea groups is 1. The van der Waals surface area contributed by atoms with Gasteiger partial charge in [-0.2, -0.15) is 0 Å². The molecule has 2 N–H and O–H groups in total. The van der Waals surface area contributed by atoms with Crippen LogP contribution in [0.15, 0.2) is 18.3 Å². The van der Waals surface area contributed by atoms with Crippen molar-refractivity contribution in [2.45, 2.75) is 44.8 Å². The molecule has 2 heterocycles. The minimum absolute atomic E-state index is 0.231. The molecule has 7 nitrogen and oxygen atoms in total. The van der Waals surface area contributed by atoms with Crippen LogP contribution in [0.25, 0.3) is 0 Å². The van der Waals surface area contributed by atoms with Crippen molar-refractivity contribution in [2.24, 2.45) is 5.92 Å². The zero-order valence-electron chi connectivity index (χ0n) is 13.6. The van der Waals surface area contributed by atoms with Crippen LogP contribution in [0.1, 0.15) is 37.7 Å². The number of nitrogens with one attached hydrogen (secondary N) is 1. The number of aromatic nitrogens is 1.